The molecule has 0 fully saturated rings. The molecule has 0 bridgehead atoms. The molecule has 2 rings (SSSR count). The van der Waals surface area contributed by atoms with E-state index in [0.717, 1.165) is 32.6 Å². The lowest BCUT2D eigenvalue weighted by Gasteiger charge is -1.98. The van der Waals surface area contributed by atoms with Gasteiger partial charge >= 0.3 is 0 Å². The fourth-order valence-electron chi connectivity index (χ4n) is 1.46. The molecule has 1 heterocycles. The zero-order valence-electron chi connectivity index (χ0n) is 8.03. The van der Waals surface area contributed by atoms with Crippen molar-refractivity contribution in [2.45, 2.75) is 6.92 Å². The van der Waals surface area contributed by atoms with E-state index < -0.39 is 0 Å². The molecule has 0 atom stereocenters. The number of benzene rings is 1. The maximum Gasteiger partial charge on any atom is 0.160 e. The molecule has 0 spiro atoms. The number of thiophene rings is 1. The van der Waals surface area contributed by atoms with Crippen LogP contribution in [0.2, 0.25) is 0 Å². The number of fused-ring (bicyclic) bond motifs is 1. The van der Waals surface area contributed by atoms with Gasteiger partial charge in [0, 0.05) is 4.70 Å². The Kier molecular flexibility index (Phi) is 2.25. The Morgan fingerprint density at radius 3 is 2.86 bits per heavy atom. The maximum atomic E-state index is 10.7. The Labute approximate surface area is 86.1 Å². The standard InChI is InChI=1S/C11H10O2S/c1-7-9-4-3-8(13-2)5-10(9)14-11(7)6-12/h3-6H,1-2H3. The van der Waals surface area contributed by atoms with E-state index in [2.05, 4.69) is 0 Å². The molecule has 0 radical (unpaired) electrons. The first kappa shape index (κ1) is 9.21. The number of carbonyl (C=O) groups is 1. The van der Waals surface area contributed by atoms with Gasteiger partial charge in [0.15, 0.2) is 6.29 Å². The van der Waals surface area contributed by atoms with Crippen molar-refractivity contribution < 1.29 is 9.53 Å². The SMILES string of the molecule is COc1ccc2c(C)c(C=O)sc2c1. The van der Waals surface area contributed by atoms with Crippen molar-refractivity contribution in [1.82, 2.24) is 0 Å². The Morgan fingerprint density at radius 1 is 1.43 bits per heavy atom. The van der Waals surface area contributed by atoms with Crippen LogP contribution in [0.1, 0.15) is 15.2 Å². The number of carbonyl (C=O) groups excluding carboxylic acids is 1. The number of ether oxygens (including phenoxy) is 1. The van der Waals surface area contributed by atoms with E-state index in [4.69, 9.17) is 4.74 Å². The minimum atomic E-state index is 0.799. The number of hydrogen-bond acceptors (Lipinski definition) is 3. The van der Waals surface area contributed by atoms with Gasteiger partial charge in [-0.2, -0.15) is 0 Å². The highest BCUT2D eigenvalue weighted by Gasteiger charge is 2.07. The van der Waals surface area contributed by atoms with E-state index in [1.54, 1.807) is 7.11 Å². The highest BCUT2D eigenvalue weighted by molar-refractivity contribution is 7.20. The second-order valence-electron chi connectivity index (χ2n) is 3.07. The molecule has 14 heavy (non-hydrogen) atoms. The number of aldehydes is 1. The lowest BCUT2D eigenvalue weighted by molar-refractivity contribution is 0.112. The van der Waals surface area contributed by atoms with Gasteiger partial charge < -0.3 is 4.74 Å². The summed E-state index contributed by atoms with van der Waals surface area (Å²) >= 11 is 1.51. The van der Waals surface area contributed by atoms with Crippen LogP contribution in [-0.4, -0.2) is 13.4 Å². The van der Waals surface area contributed by atoms with Crippen LogP contribution in [0, 0.1) is 6.92 Å². The fourth-order valence-corrected chi connectivity index (χ4v) is 2.52. The summed E-state index contributed by atoms with van der Waals surface area (Å²) in [6, 6.07) is 5.86. The summed E-state index contributed by atoms with van der Waals surface area (Å²) in [5.41, 5.74) is 1.06. The highest BCUT2D eigenvalue weighted by Crippen LogP contribution is 2.32. The van der Waals surface area contributed by atoms with Gasteiger partial charge in [-0.3, -0.25) is 4.79 Å². The van der Waals surface area contributed by atoms with Crippen molar-refractivity contribution in [3.63, 3.8) is 0 Å². The van der Waals surface area contributed by atoms with Gasteiger partial charge in [0.05, 0.1) is 12.0 Å². The normalized spacial score (nSPS) is 10.4. The van der Waals surface area contributed by atoms with Gasteiger partial charge in [0.2, 0.25) is 0 Å². The highest BCUT2D eigenvalue weighted by atomic mass is 32.1. The van der Waals surface area contributed by atoms with Crippen LogP contribution in [0.3, 0.4) is 0 Å². The third kappa shape index (κ3) is 1.30. The van der Waals surface area contributed by atoms with E-state index in [-0.39, 0.29) is 0 Å². The van der Waals surface area contributed by atoms with Crippen LogP contribution in [0.15, 0.2) is 18.2 Å². The molecular weight excluding hydrogens is 196 g/mol. The average Bonchev–Trinajstić information content (AvgIpc) is 2.55. The molecule has 3 heteroatoms. The molecule has 0 N–H and O–H groups in total. The maximum absolute atomic E-state index is 10.7. The Balaban J connectivity index is 2.72. The smallest absolute Gasteiger partial charge is 0.160 e. The second-order valence-corrected chi connectivity index (χ2v) is 4.16. The Bertz CT molecular complexity index is 485. The molecule has 0 unspecified atom stereocenters. The number of rotatable bonds is 2. The number of aryl methyl sites for hydroxylation is 1. The summed E-state index contributed by atoms with van der Waals surface area (Å²) in [6.07, 6.45) is 0.909. The molecule has 0 saturated heterocycles. The van der Waals surface area contributed by atoms with Crippen molar-refractivity contribution in [1.29, 1.82) is 0 Å². The molecule has 72 valence electrons. The lowest BCUT2D eigenvalue weighted by Crippen LogP contribution is -1.80. The zero-order chi connectivity index (χ0) is 10.1. The van der Waals surface area contributed by atoms with Crippen molar-refractivity contribution in [2.75, 3.05) is 7.11 Å². The molecule has 0 amide bonds. The molecule has 2 nitrogen and oxygen atoms in total. The van der Waals surface area contributed by atoms with Crippen LogP contribution < -0.4 is 4.74 Å². The summed E-state index contributed by atoms with van der Waals surface area (Å²) in [6.45, 7) is 1.97. The predicted octanol–water partition coefficient (Wildman–Crippen LogP) is 3.03. The molecule has 1 aromatic heterocycles. The summed E-state index contributed by atoms with van der Waals surface area (Å²) in [5, 5.41) is 1.14. The number of methoxy groups -OCH3 is 1. The summed E-state index contributed by atoms with van der Waals surface area (Å²) in [4.78, 5) is 11.5. The first-order valence-corrected chi connectivity index (χ1v) is 5.10. The Hall–Kier alpha value is -1.35. The van der Waals surface area contributed by atoms with Crippen molar-refractivity contribution in [3.05, 3.63) is 28.6 Å². The minimum absolute atomic E-state index is 0.799. The molecule has 0 saturated carbocycles. The van der Waals surface area contributed by atoms with Crippen LogP contribution in [0.25, 0.3) is 10.1 Å². The van der Waals surface area contributed by atoms with Gasteiger partial charge in [0.1, 0.15) is 5.75 Å². The largest absolute Gasteiger partial charge is 0.497 e. The lowest BCUT2D eigenvalue weighted by atomic mass is 10.1. The van der Waals surface area contributed by atoms with Crippen molar-refractivity contribution >= 4 is 27.7 Å². The quantitative estimate of drug-likeness (QED) is 0.706. The topological polar surface area (TPSA) is 26.3 Å². The molecule has 0 aliphatic heterocycles. The molecule has 0 aliphatic carbocycles. The van der Waals surface area contributed by atoms with Crippen LogP contribution in [0.5, 0.6) is 5.75 Å². The fraction of sp³-hybridized carbons (Fsp3) is 0.182. The van der Waals surface area contributed by atoms with E-state index in [0.29, 0.717) is 0 Å². The summed E-state index contributed by atoms with van der Waals surface area (Å²) in [5.74, 6) is 0.830. The molecule has 1 aromatic carbocycles. The van der Waals surface area contributed by atoms with Gasteiger partial charge in [0.25, 0.3) is 0 Å². The predicted molar refractivity (Wildman–Crippen MR) is 58.5 cm³/mol. The molecule has 0 aliphatic rings. The van der Waals surface area contributed by atoms with Crippen molar-refractivity contribution in [3.8, 4) is 5.75 Å². The van der Waals surface area contributed by atoms with E-state index in [1.165, 1.54) is 11.3 Å². The van der Waals surface area contributed by atoms with Gasteiger partial charge in [-0.25, -0.2) is 0 Å². The average molecular weight is 206 g/mol. The van der Waals surface area contributed by atoms with Crippen LogP contribution in [-0.2, 0) is 0 Å². The first-order valence-electron chi connectivity index (χ1n) is 4.28. The zero-order valence-corrected chi connectivity index (χ0v) is 8.85. The van der Waals surface area contributed by atoms with Crippen LogP contribution >= 0.6 is 11.3 Å². The second kappa shape index (κ2) is 3.42. The third-order valence-electron chi connectivity index (χ3n) is 2.29. The van der Waals surface area contributed by atoms with Gasteiger partial charge in [-0.1, -0.05) is 0 Å². The summed E-state index contributed by atoms with van der Waals surface area (Å²) in [7, 11) is 1.64. The molecule has 2 aromatic rings. The van der Waals surface area contributed by atoms with E-state index in [1.807, 2.05) is 25.1 Å². The van der Waals surface area contributed by atoms with Crippen molar-refractivity contribution in [2.24, 2.45) is 0 Å². The van der Waals surface area contributed by atoms with E-state index >= 15 is 0 Å². The first-order chi connectivity index (χ1) is 6.76. The molecular formula is C11H10O2S. The number of hydrogen-bond donors (Lipinski definition) is 0. The van der Waals surface area contributed by atoms with E-state index in [9.17, 15) is 4.79 Å². The third-order valence-corrected chi connectivity index (χ3v) is 3.47. The Morgan fingerprint density at radius 2 is 2.21 bits per heavy atom. The summed E-state index contributed by atoms with van der Waals surface area (Å²) < 4.78 is 6.22. The monoisotopic (exact) mass is 206 g/mol. The van der Waals surface area contributed by atoms with Gasteiger partial charge in [-0.05, 0) is 36.1 Å². The van der Waals surface area contributed by atoms with Crippen LogP contribution in [0.4, 0.5) is 0 Å². The minimum Gasteiger partial charge on any atom is -0.497 e. The van der Waals surface area contributed by atoms with Gasteiger partial charge in [-0.15, -0.1) is 11.3 Å².